The topological polar surface area (TPSA) is 96.8 Å². The van der Waals surface area contributed by atoms with Gasteiger partial charge in [-0.1, -0.05) is 38.3 Å². The summed E-state index contributed by atoms with van der Waals surface area (Å²) in [5.74, 6) is 0.0885. The molecule has 0 fully saturated rings. The van der Waals surface area contributed by atoms with Crippen molar-refractivity contribution in [1.82, 2.24) is 20.1 Å². The lowest BCUT2D eigenvalue weighted by Gasteiger charge is -2.14. The van der Waals surface area contributed by atoms with Crippen LogP contribution in [0.4, 0.5) is 0 Å². The SMILES string of the molecule is CCC(CC)CNC(=O)c1cc(-n2ncc(=O)[nH]c2=O)ccc1Cl. The molecule has 128 valence electrons. The molecule has 0 aliphatic carbocycles. The molecule has 2 aromatic rings. The molecule has 7 nitrogen and oxygen atoms in total. The van der Waals surface area contributed by atoms with Gasteiger partial charge in [0.25, 0.3) is 11.5 Å². The van der Waals surface area contributed by atoms with Crippen molar-refractivity contribution >= 4 is 17.5 Å². The maximum atomic E-state index is 12.4. The fourth-order valence-corrected chi connectivity index (χ4v) is 2.47. The van der Waals surface area contributed by atoms with Gasteiger partial charge in [0.1, 0.15) is 6.20 Å². The van der Waals surface area contributed by atoms with Crippen LogP contribution >= 0.6 is 11.6 Å². The molecule has 1 heterocycles. The molecule has 2 rings (SSSR count). The van der Waals surface area contributed by atoms with Crippen molar-refractivity contribution < 1.29 is 4.79 Å². The van der Waals surface area contributed by atoms with Crippen LogP contribution in [-0.4, -0.2) is 27.2 Å². The van der Waals surface area contributed by atoms with Crippen molar-refractivity contribution in [2.45, 2.75) is 26.7 Å². The first-order chi connectivity index (χ1) is 11.5. The molecule has 1 aromatic heterocycles. The molecule has 0 radical (unpaired) electrons. The summed E-state index contributed by atoms with van der Waals surface area (Å²) in [6.45, 7) is 4.70. The summed E-state index contributed by atoms with van der Waals surface area (Å²) in [6.07, 6.45) is 2.94. The van der Waals surface area contributed by atoms with Crippen LogP contribution in [0.2, 0.25) is 5.02 Å². The Bertz CT molecular complexity index is 840. The Morgan fingerprint density at radius 3 is 2.67 bits per heavy atom. The van der Waals surface area contributed by atoms with Gasteiger partial charge in [-0.05, 0) is 24.1 Å². The van der Waals surface area contributed by atoms with Crippen LogP contribution in [-0.2, 0) is 0 Å². The zero-order chi connectivity index (χ0) is 17.7. The number of rotatable bonds is 6. The fourth-order valence-electron chi connectivity index (χ4n) is 2.27. The van der Waals surface area contributed by atoms with Gasteiger partial charge >= 0.3 is 5.69 Å². The summed E-state index contributed by atoms with van der Waals surface area (Å²) in [4.78, 5) is 37.4. The standard InChI is InChI=1S/C16H19ClN4O3/c1-3-10(4-2)8-18-15(23)12-7-11(5-6-13(12)17)21-16(24)20-14(22)9-19-21/h5-7,9-10H,3-4,8H2,1-2H3,(H,18,23)(H,20,22,24). The van der Waals surface area contributed by atoms with E-state index < -0.39 is 11.2 Å². The number of hydrogen-bond acceptors (Lipinski definition) is 4. The molecule has 0 bridgehead atoms. The second-order valence-electron chi connectivity index (χ2n) is 5.41. The molecule has 1 aromatic carbocycles. The first-order valence-corrected chi connectivity index (χ1v) is 8.10. The monoisotopic (exact) mass is 350 g/mol. The number of carbonyl (C=O) groups excluding carboxylic acids is 1. The summed E-state index contributed by atoms with van der Waals surface area (Å²) >= 11 is 6.10. The highest BCUT2D eigenvalue weighted by molar-refractivity contribution is 6.33. The highest BCUT2D eigenvalue weighted by Gasteiger charge is 2.14. The van der Waals surface area contributed by atoms with Crippen molar-refractivity contribution in [3.63, 3.8) is 0 Å². The number of H-pyrrole nitrogens is 1. The molecule has 0 aliphatic rings. The van der Waals surface area contributed by atoms with Gasteiger partial charge in [-0.25, -0.2) is 4.79 Å². The van der Waals surface area contributed by atoms with E-state index >= 15 is 0 Å². The third-order valence-corrected chi connectivity index (χ3v) is 4.19. The second-order valence-corrected chi connectivity index (χ2v) is 5.81. The van der Waals surface area contributed by atoms with Gasteiger partial charge in [0.15, 0.2) is 0 Å². The Labute approximate surface area is 143 Å². The first kappa shape index (κ1) is 17.9. The van der Waals surface area contributed by atoms with Crippen molar-refractivity contribution in [3.8, 4) is 5.69 Å². The zero-order valence-electron chi connectivity index (χ0n) is 13.5. The van der Waals surface area contributed by atoms with E-state index in [1.807, 2.05) is 0 Å². The maximum absolute atomic E-state index is 12.4. The molecular formula is C16H19ClN4O3. The number of nitrogens with zero attached hydrogens (tertiary/aromatic N) is 2. The number of carbonyl (C=O) groups is 1. The Morgan fingerprint density at radius 1 is 1.33 bits per heavy atom. The number of amides is 1. The van der Waals surface area contributed by atoms with E-state index in [0.717, 1.165) is 23.7 Å². The molecule has 1 amide bonds. The van der Waals surface area contributed by atoms with Crippen LogP contribution in [0.1, 0.15) is 37.0 Å². The van der Waals surface area contributed by atoms with Crippen LogP contribution < -0.4 is 16.6 Å². The molecular weight excluding hydrogens is 332 g/mol. The predicted octanol–water partition coefficient (Wildman–Crippen LogP) is 1.74. The molecule has 0 aliphatic heterocycles. The van der Waals surface area contributed by atoms with Crippen LogP contribution in [0.25, 0.3) is 5.69 Å². The number of aromatic nitrogens is 3. The molecule has 2 N–H and O–H groups in total. The molecule has 0 spiro atoms. The number of halogens is 1. The predicted molar refractivity (Wildman–Crippen MR) is 91.9 cm³/mol. The largest absolute Gasteiger partial charge is 0.352 e. The molecule has 8 heteroatoms. The summed E-state index contributed by atoms with van der Waals surface area (Å²) in [5, 5.41) is 6.90. The van der Waals surface area contributed by atoms with Gasteiger partial charge in [0.2, 0.25) is 0 Å². The second kappa shape index (κ2) is 7.92. The van der Waals surface area contributed by atoms with E-state index in [-0.39, 0.29) is 16.5 Å². The third kappa shape index (κ3) is 4.11. The van der Waals surface area contributed by atoms with Crippen LogP contribution in [0.15, 0.2) is 34.0 Å². The van der Waals surface area contributed by atoms with Crippen LogP contribution in [0.3, 0.4) is 0 Å². The lowest BCUT2D eigenvalue weighted by Crippen LogP contribution is -2.31. The highest BCUT2D eigenvalue weighted by Crippen LogP contribution is 2.19. The lowest BCUT2D eigenvalue weighted by atomic mass is 10.0. The average Bonchev–Trinajstić information content (AvgIpc) is 2.56. The van der Waals surface area contributed by atoms with Crippen molar-refractivity contribution in [2.75, 3.05) is 6.54 Å². The number of nitrogens with one attached hydrogen (secondary N) is 2. The van der Waals surface area contributed by atoms with E-state index in [1.54, 1.807) is 6.07 Å². The minimum Gasteiger partial charge on any atom is -0.352 e. The quantitative estimate of drug-likeness (QED) is 0.829. The van der Waals surface area contributed by atoms with E-state index in [1.165, 1.54) is 12.1 Å². The van der Waals surface area contributed by atoms with Gasteiger partial charge in [-0.2, -0.15) is 9.78 Å². The van der Waals surface area contributed by atoms with Gasteiger partial charge < -0.3 is 5.32 Å². The molecule has 0 saturated carbocycles. The van der Waals surface area contributed by atoms with Gasteiger partial charge in [0.05, 0.1) is 16.3 Å². The van der Waals surface area contributed by atoms with Crippen LogP contribution in [0.5, 0.6) is 0 Å². The average molecular weight is 351 g/mol. The first-order valence-electron chi connectivity index (χ1n) is 7.73. The summed E-state index contributed by atoms with van der Waals surface area (Å²) in [5.41, 5.74) is -0.685. The third-order valence-electron chi connectivity index (χ3n) is 3.86. The fraction of sp³-hybridized carbons (Fsp3) is 0.375. The Balaban J connectivity index is 2.30. The minimum absolute atomic E-state index is 0.250. The maximum Gasteiger partial charge on any atom is 0.349 e. The Morgan fingerprint density at radius 2 is 2.04 bits per heavy atom. The zero-order valence-corrected chi connectivity index (χ0v) is 14.3. The molecule has 0 unspecified atom stereocenters. The van der Waals surface area contributed by atoms with Crippen molar-refractivity contribution in [3.05, 3.63) is 55.8 Å². The molecule has 0 atom stereocenters. The Kier molecular flexibility index (Phi) is 5.92. The van der Waals surface area contributed by atoms with E-state index in [2.05, 4.69) is 29.2 Å². The summed E-state index contributed by atoms with van der Waals surface area (Å²) in [6, 6.07) is 4.53. The van der Waals surface area contributed by atoms with Crippen LogP contribution in [0, 0.1) is 5.92 Å². The minimum atomic E-state index is -0.687. The van der Waals surface area contributed by atoms with Gasteiger partial charge in [-0.3, -0.25) is 14.6 Å². The molecule has 24 heavy (non-hydrogen) atoms. The summed E-state index contributed by atoms with van der Waals surface area (Å²) in [7, 11) is 0. The highest BCUT2D eigenvalue weighted by atomic mass is 35.5. The normalized spacial score (nSPS) is 10.8. The van der Waals surface area contributed by atoms with E-state index in [9.17, 15) is 14.4 Å². The smallest absolute Gasteiger partial charge is 0.349 e. The number of hydrogen-bond donors (Lipinski definition) is 2. The number of benzene rings is 1. The van der Waals surface area contributed by atoms with Gasteiger partial charge in [-0.15, -0.1) is 0 Å². The Hall–Kier alpha value is -2.41. The summed E-state index contributed by atoms with van der Waals surface area (Å²) < 4.78 is 0.995. The van der Waals surface area contributed by atoms with Crippen molar-refractivity contribution in [2.24, 2.45) is 5.92 Å². The van der Waals surface area contributed by atoms with Gasteiger partial charge in [0, 0.05) is 6.54 Å². The van der Waals surface area contributed by atoms with E-state index in [4.69, 9.17) is 11.6 Å². The number of aromatic amines is 1. The van der Waals surface area contributed by atoms with E-state index in [0.29, 0.717) is 18.2 Å². The lowest BCUT2D eigenvalue weighted by molar-refractivity contribution is 0.0946. The van der Waals surface area contributed by atoms with Crippen molar-refractivity contribution in [1.29, 1.82) is 0 Å². The molecule has 0 saturated heterocycles.